The summed E-state index contributed by atoms with van der Waals surface area (Å²) in [6.07, 6.45) is 0.927. The Morgan fingerprint density at radius 2 is 1.74 bits per heavy atom. The number of hydrogen-bond acceptors (Lipinski definition) is 5. The van der Waals surface area contributed by atoms with Gasteiger partial charge in [0.05, 0.1) is 13.7 Å². The first-order valence-corrected chi connectivity index (χ1v) is 11.8. The summed E-state index contributed by atoms with van der Waals surface area (Å²) < 4.78 is 16.5. The molecule has 1 saturated heterocycles. The largest absolute Gasteiger partial charge is 0.497 e. The fourth-order valence-corrected chi connectivity index (χ4v) is 5.03. The molecule has 6 heteroatoms. The molecule has 176 valence electrons. The molecule has 2 heterocycles. The molecule has 2 aliphatic heterocycles. The lowest BCUT2D eigenvalue weighted by atomic mass is 9.93. The Kier molecular flexibility index (Phi) is 6.41. The van der Waals surface area contributed by atoms with E-state index in [1.165, 1.54) is 11.1 Å². The van der Waals surface area contributed by atoms with Gasteiger partial charge in [-0.2, -0.15) is 0 Å². The van der Waals surface area contributed by atoms with Gasteiger partial charge in [-0.3, -0.25) is 9.69 Å². The van der Waals surface area contributed by atoms with E-state index >= 15 is 0 Å². The highest BCUT2D eigenvalue weighted by molar-refractivity contribution is 5.94. The van der Waals surface area contributed by atoms with E-state index in [4.69, 9.17) is 14.2 Å². The molecular weight excluding hydrogens is 428 g/mol. The molecule has 0 aromatic heterocycles. The number of ether oxygens (including phenoxy) is 3. The molecule has 0 bridgehead atoms. The van der Waals surface area contributed by atoms with Gasteiger partial charge in [0.1, 0.15) is 5.75 Å². The van der Waals surface area contributed by atoms with Crippen LogP contribution in [0.2, 0.25) is 0 Å². The van der Waals surface area contributed by atoms with Crippen molar-refractivity contribution in [3.63, 3.8) is 0 Å². The lowest BCUT2D eigenvalue weighted by Crippen LogP contribution is -2.40. The van der Waals surface area contributed by atoms with Crippen LogP contribution in [0.25, 0.3) is 0 Å². The van der Waals surface area contributed by atoms with Crippen molar-refractivity contribution >= 4 is 11.6 Å². The summed E-state index contributed by atoms with van der Waals surface area (Å²) >= 11 is 0. The van der Waals surface area contributed by atoms with Crippen LogP contribution in [0.4, 0.5) is 5.69 Å². The second-order valence-corrected chi connectivity index (χ2v) is 8.74. The number of fused-ring (bicyclic) bond motifs is 1. The van der Waals surface area contributed by atoms with Crippen LogP contribution in [0.15, 0.2) is 72.8 Å². The molecule has 2 unspecified atom stereocenters. The Balaban J connectivity index is 1.40. The molecule has 6 nitrogen and oxygen atoms in total. The molecular formula is C28H30N2O4. The minimum atomic E-state index is 0.110. The normalized spacial score (nSPS) is 19.2. The van der Waals surface area contributed by atoms with Crippen molar-refractivity contribution in [2.75, 3.05) is 38.4 Å². The van der Waals surface area contributed by atoms with E-state index in [9.17, 15) is 4.79 Å². The minimum absolute atomic E-state index is 0.110. The zero-order valence-corrected chi connectivity index (χ0v) is 19.6. The standard InChI is InChI=1S/C28H30N2O4/c1-3-30(23-7-5-4-6-8-23)28(31)18-29-17-22(21-11-14-26-27(16-21)34-19-33-26)15-25(29)20-9-12-24(32-2)13-10-20/h4-14,16,22,25H,3,15,17-19H2,1-2H3. The number of nitrogens with zero attached hydrogens (tertiary/aromatic N) is 2. The van der Waals surface area contributed by atoms with E-state index in [0.29, 0.717) is 19.0 Å². The zero-order valence-electron chi connectivity index (χ0n) is 19.6. The maximum absolute atomic E-state index is 13.4. The molecule has 3 aromatic rings. The van der Waals surface area contributed by atoms with Crippen molar-refractivity contribution < 1.29 is 19.0 Å². The highest BCUT2D eigenvalue weighted by Gasteiger charge is 2.36. The van der Waals surface area contributed by atoms with Gasteiger partial charge in [-0.15, -0.1) is 0 Å². The Morgan fingerprint density at radius 1 is 1.00 bits per heavy atom. The first-order chi connectivity index (χ1) is 16.7. The van der Waals surface area contributed by atoms with Crippen molar-refractivity contribution in [1.82, 2.24) is 4.90 Å². The predicted molar refractivity (Wildman–Crippen MR) is 132 cm³/mol. The summed E-state index contributed by atoms with van der Waals surface area (Å²) in [5, 5.41) is 0. The van der Waals surface area contributed by atoms with Gasteiger partial charge >= 0.3 is 0 Å². The molecule has 1 amide bonds. The van der Waals surface area contributed by atoms with Gasteiger partial charge < -0.3 is 19.1 Å². The van der Waals surface area contributed by atoms with Crippen LogP contribution in [0.3, 0.4) is 0 Å². The second-order valence-electron chi connectivity index (χ2n) is 8.74. The summed E-state index contributed by atoms with van der Waals surface area (Å²) in [6, 6.07) is 24.4. The third kappa shape index (κ3) is 4.46. The molecule has 0 spiro atoms. The summed E-state index contributed by atoms with van der Waals surface area (Å²) in [7, 11) is 1.67. The first kappa shape index (κ1) is 22.3. The van der Waals surface area contributed by atoms with Crippen LogP contribution >= 0.6 is 0 Å². The highest BCUT2D eigenvalue weighted by atomic mass is 16.7. The van der Waals surface area contributed by atoms with Crippen LogP contribution in [0.1, 0.15) is 36.4 Å². The molecule has 34 heavy (non-hydrogen) atoms. The topological polar surface area (TPSA) is 51.2 Å². The highest BCUT2D eigenvalue weighted by Crippen LogP contribution is 2.43. The average molecular weight is 459 g/mol. The van der Waals surface area contributed by atoms with Crippen molar-refractivity contribution in [2.45, 2.75) is 25.3 Å². The fraction of sp³-hybridized carbons (Fsp3) is 0.321. The maximum Gasteiger partial charge on any atom is 0.241 e. The second kappa shape index (κ2) is 9.77. The summed E-state index contributed by atoms with van der Waals surface area (Å²) in [6.45, 7) is 4.08. The Labute approximate surface area is 200 Å². The molecule has 2 aliphatic rings. The SMILES string of the molecule is CCN(C(=O)CN1CC(c2ccc3c(c2)OCO3)CC1c1ccc(OC)cc1)c1ccccc1. The Bertz CT molecular complexity index is 1130. The molecule has 3 aromatic carbocycles. The van der Waals surface area contributed by atoms with Gasteiger partial charge in [-0.1, -0.05) is 36.4 Å². The van der Waals surface area contributed by atoms with E-state index in [2.05, 4.69) is 29.2 Å². The minimum Gasteiger partial charge on any atom is -0.497 e. The molecule has 0 N–H and O–H groups in total. The van der Waals surface area contributed by atoms with E-state index in [0.717, 1.165) is 35.9 Å². The first-order valence-electron chi connectivity index (χ1n) is 11.8. The number of benzene rings is 3. The Hall–Kier alpha value is -3.51. The van der Waals surface area contributed by atoms with E-state index in [1.807, 2.05) is 60.4 Å². The van der Waals surface area contributed by atoms with Gasteiger partial charge in [0.25, 0.3) is 0 Å². The van der Waals surface area contributed by atoms with Gasteiger partial charge in [-0.25, -0.2) is 0 Å². The van der Waals surface area contributed by atoms with Crippen LogP contribution in [0, 0.1) is 0 Å². The van der Waals surface area contributed by atoms with Crippen LogP contribution in [0.5, 0.6) is 17.2 Å². The molecule has 2 atom stereocenters. The Morgan fingerprint density at radius 3 is 2.47 bits per heavy atom. The predicted octanol–water partition coefficient (Wildman–Crippen LogP) is 5.01. The van der Waals surface area contributed by atoms with Crippen molar-refractivity contribution in [1.29, 1.82) is 0 Å². The van der Waals surface area contributed by atoms with Gasteiger partial charge in [0, 0.05) is 24.8 Å². The third-order valence-electron chi connectivity index (χ3n) is 6.80. The van der Waals surface area contributed by atoms with Crippen LogP contribution in [-0.2, 0) is 4.79 Å². The number of carbonyl (C=O) groups excluding carboxylic acids is 1. The number of amides is 1. The number of rotatable bonds is 7. The number of likely N-dealkylation sites (N-methyl/N-ethyl adjacent to an activating group) is 1. The summed E-state index contributed by atoms with van der Waals surface area (Å²) in [4.78, 5) is 17.6. The number of anilines is 1. The number of methoxy groups -OCH3 is 1. The maximum atomic E-state index is 13.4. The molecule has 1 fully saturated rings. The van der Waals surface area contributed by atoms with Crippen molar-refractivity contribution in [3.8, 4) is 17.2 Å². The smallest absolute Gasteiger partial charge is 0.241 e. The van der Waals surface area contributed by atoms with Crippen molar-refractivity contribution in [2.24, 2.45) is 0 Å². The number of likely N-dealkylation sites (tertiary alicyclic amines) is 1. The van der Waals surface area contributed by atoms with Crippen LogP contribution < -0.4 is 19.1 Å². The third-order valence-corrected chi connectivity index (χ3v) is 6.80. The summed E-state index contributed by atoms with van der Waals surface area (Å²) in [5.41, 5.74) is 3.34. The van der Waals surface area contributed by atoms with E-state index in [1.54, 1.807) is 7.11 Å². The number of carbonyl (C=O) groups is 1. The number of hydrogen-bond donors (Lipinski definition) is 0. The lowest BCUT2D eigenvalue weighted by Gasteiger charge is -2.28. The van der Waals surface area contributed by atoms with Gasteiger partial charge in [0.15, 0.2) is 11.5 Å². The number of para-hydroxylation sites is 1. The quantitative estimate of drug-likeness (QED) is 0.498. The lowest BCUT2D eigenvalue weighted by molar-refractivity contribution is -0.119. The van der Waals surface area contributed by atoms with Gasteiger partial charge in [-0.05, 0) is 66.8 Å². The van der Waals surface area contributed by atoms with E-state index < -0.39 is 0 Å². The average Bonchev–Trinajstić information content (AvgIpc) is 3.52. The summed E-state index contributed by atoms with van der Waals surface area (Å²) in [5.74, 6) is 2.83. The van der Waals surface area contributed by atoms with E-state index in [-0.39, 0.29) is 18.7 Å². The van der Waals surface area contributed by atoms with Gasteiger partial charge in [0.2, 0.25) is 12.7 Å². The molecule has 0 saturated carbocycles. The van der Waals surface area contributed by atoms with Crippen LogP contribution in [-0.4, -0.2) is 44.3 Å². The molecule has 0 aliphatic carbocycles. The zero-order chi connectivity index (χ0) is 23.5. The fourth-order valence-electron chi connectivity index (χ4n) is 5.03. The van der Waals surface area contributed by atoms with Crippen molar-refractivity contribution in [3.05, 3.63) is 83.9 Å². The molecule has 5 rings (SSSR count). The molecule has 0 radical (unpaired) electrons. The monoisotopic (exact) mass is 458 g/mol.